The first-order chi connectivity index (χ1) is 7.50. The second kappa shape index (κ2) is 4.11. The second-order valence-electron chi connectivity index (χ2n) is 5.10. The van der Waals surface area contributed by atoms with Crippen LogP contribution in [0.15, 0.2) is 12.3 Å². The number of aliphatic hydroxyl groups excluding tert-OH is 1. The average molecular weight is 221 g/mol. The molecule has 2 unspecified atom stereocenters. The molecule has 0 aromatic carbocycles. The molecule has 88 valence electrons. The zero-order valence-electron chi connectivity index (χ0n) is 10.1. The number of aryl methyl sites for hydroxylation is 1. The third kappa shape index (κ3) is 2.08. The second-order valence-corrected chi connectivity index (χ2v) is 5.10. The first-order valence-electron chi connectivity index (χ1n) is 5.70. The van der Waals surface area contributed by atoms with Crippen LogP contribution in [0.3, 0.4) is 0 Å². The number of aliphatic hydroxyl groups is 1. The zero-order valence-corrected chi connectivity index (χ0v) is 10.1. The Morgan fingerprint density at radius 2 is 2.31 bits per heavy atom. The molecule has 1 heterocycles. The molecule has 0 saturated heterocycles. The normalized spacial score (nSPS) is 27.5. The van der Waals surface area contributed by atoms with Crippen LogP contribution >= 0.6 is 0 Å². The first kappa shape index (κ1) is 11.5. The molecule has 1 aliphatic rings. The van der Waals surface area contributed by atoms with Gasteiger partial charge in [-0.1, -0.05) is 13.8 Å². The van der Waals surface area contributed by atoms with Gasteiger partial charge in [0.15, 0.2) is 0 Å². The maximum absolute atomic E-state index is 9.62. The Balaban J connectivity index is 1.89. The van der Waals surface area contributed by atoms with Crippen molar-refractivity contribution >= 4 is 0 Å². The largest absolute Gasteiger partial charge is 0.392 e. The van der Waals surface area contributed by atoms with E-state index in [2.05, 4.69) is 29.1 Å². The number of hydrogen-bond donors (Lipinski definition) is 2. The zero-order chi connectivity index (χ0) is 11.8. The van der Waals surface area contributed by atoms with E-state index in [0.717, 1.165) is 24.5 Å². The van der Waals surface area contributed by atoms with Gasteiger partial charge in [-0.15, -0.1) is 0 Å². The first-order valence-corrected chi connectivity index (χ1v) is 5.70. The van der Waals surface area contributed by atoms with Crippen molar-refractivity contribution in [3.05, 3.63) is 23.8 Å². The Bertz CT molecular complexity index is 378. The van der Waals surface area contributed by atoms with E-state index in [4.69, 9.17) is 0 Å². The van der Waals surface area contributed by atoms with Crippen molar-refractivity contribution < 1.29 is 5.11 Å². The summed E-state index contributed by atoms with van der Waals surface area (Å²) in [5.41, 5.74) is 0.979. The molecule has 1 fully saturated rings. The molecule has 0 radical (unpaired) electrons. The predicted molar refractivity (Wildman–Crippen MR) is 61.8 cm³/mol. The van der Waals surface area contributed by atoms with Crippen LogP contribution in [0.25, 0.3) is 0 Å². The fourth-order valence-corrected chi connectivity index (χ4v) is 2.08. The van der Waals surface area contributed by atoms with E-state index in [9.17, 15) is 5.11 Å². The van der Waals surface area contributed by atoms with Gasteiger partial charge in [0.1, 0.15) is 5.82 Å². The lowest BCUT2D eigenvalue weighted by molar-refractivity contribution is -0.0730. The highest BCUT2D eigenvalue weighted by Crippen LogP contribution is 2.40. The van der Waals surface area contributed by atoms with Gasteiger partial charge in [-0.25, -0.2) is 9.97 Å². The molecule has 0 spiro atoms. The summed E-state index contributed by atoms with van der Waals surface area (Å²) in [6.07, 6.45) is 2.43. The fourth-order valence-electron chi connectivity index (χ4n) is 2.08. The van der Waals surface area contributed by atoms with Crippen LogP contribution in [-0.4, -0.2) is 27.2 Å². The number of hydrogen-bond acceptors (Lipinski definition) is 4. The highest BCUT2D eigenvalue weighted by Gasteiger charge is 2.46. The van der Waals surface area contributed by atoms with E-state index in [1.54, 1.807) is 6.20 Å². The standard InChI is InChI=1S/C12H19N3O/c1-8-13-5-4-9(15-8)7-14-10-6-11(16)12(10,2)3/h4-5,10-11,14,16H,6-7H2,1-3H3. The van der Waals surface area contributed by atoms with Gasteiger partial charge in [-0.2, -0.15) is 0 Å². The summed E-state index contributed by atoms with van der Waals surface area (Å²) < 4.78 is 0. The molecule has 1 aliphatic carbocycles. The minimum absolute atomic E-state index is 0.0257. The lowest BCUT2D eigenvalue weighted by Crippen LogP contribution is -2.59. The molecular formula is C12H19N3O. The van der Waals surface area contributed by atoms with Gasteiger partial charge in [-0.05, 0) is 19.4 Å². The quantitative estimate of drug-likeness (QED) is 0.800. The third-order valence-corrected chi connectivity index (χ3v) is 3.58. The SMILES string of the molecule is Cc1nccc(CNC2CC(O)C2(C)C)n1. The van der Waals surface area contributed by atoms with Gasteiger partial charge in [0.05, 0.1) is 11.8 Å². The van der Waals surface area contributed by atoms with E-state index in [1.165, 1.54) is 0 Å². The molecule has 2 atom stereocenters. The molecule has 2 N–H and O–H groups in total. The van der Waals surface area contributed by atoms with Crippen molar-refractivity contribution in [2.75, 3.05) is 0 Å². The highest BCUT2D eigenvalue weighted by atomic mass is 16.3. The van der Waals surface area contributed by atoms with Crippen LogP contribution in [0.5, 0.6) is 0 Å². The van der Waals surface area contributed by atoms with E-state index < -0.39 is 0 Å². The van der Waals surface area contributed by atoms with E-state index in [-0.39, 0.29) is 11.5 Å². The Morgan fingerprint density at radius 1 is 1.56 bits per heavy atom. The molecule has 0 amide bonds. The van der Waals surface area contributed by atoms with E-state index in [0.29, 0.717) is 6.04 Å². The van der Waals surface area contributed by atoms with E-state index in [1.807, 2.05) is 13.0 Å². The number of aromatic nitrogens is 2. The molecule has 16 heavy (non-hydrogen) atoms. The topological polar surface area (TPSA) is 58.0 Å². The maximum Gasteiger partial charge on any atom is 0.125 e. The molecule has 0 bridgehead atoms. The maximum atomic E-state index is 9.62. The van der Waals surface area contributed by atoms with Crippen LogP contribution in [0.4, 0.5) is 0 Å². The fraction of sp³-hybridized carbons (Fsp3) is 0.667. The predicted octanol–water partition coefficient (Wildman–Crippen LogP) is 1.03. The van der Waals surface area contributed by atoms with Gasteiger partial charge in [-0.3, -0.25) is 0 Å². The highest BCUT2D eigenvalue weighted by molar-refractivity contribution is 5.05. The number of rotatable bonds is 3. The smallest absolute Gasteiger partial charge is 0.125 e. The van der Waals surface area contributed by atoms with Gasteiger partial charge in [0, 0.05) is 24.2 Å². The molecule has 1 aromatic heterocycles. The van der Waals surface area contributed by atoms with E-state index >= 15 is 0 Å². The molecule has 4 nitrogen and oxygen atoms in total. The van der Waals surface area contributed by atoms with Crippen LogP contribution in [0.1, 0.15) is 31.8 Å². The number of nitrogens with one attached hydrogen (secondary N) is 1. The van der Waals surface area contributed by atoms with Gasteiger partial charge < -0.3 is 10.4 Å². The lowest BCUT2D eigenvalue weighted by Gasteiger charge is -2.49. The van der Waals surface area contributed by atoms with Gasteiger partial charge >= 0.3 is 0 Å². The van der Waals surface area contributed by atoms with Gasteiger partial charge in [0.2, 0.25) is 0 Å². The van der Waals surface area contributed by atoms with Crippen molar-refractivity contribution in [1.29, 1.82) is 0 Å². The summed E-state index contributed by atoms with van der Waals surface area (Å²) >= 11 is 0. The Labute approximate surface area is 96.1 Å². The third-order valence-electron chi connectivity index (χ3n) is 3.58. The molecule has 1 saturated carbocycles. The summed E-state index contributed by atoms with van der Waals surface area (Å²) in [5, 5.41) is 13.1. The van der Waals surface area contributed by atoms with Crippen LogP contribution in [0.2, 0.25) is 0 Å². The Kier molecular flexibility index (Phi) is 2.95. The van der Waals surface area contributed by atoms with Crippen molar-refractivity contribution in [3.8, 4) is 0 Å². The minimum Gasteiger partial charge on any atom is -0.392 e. The van der Waals surface area contributed by atoms with Crippen molar-refractivity contribution in [3.63, 3.8) is 0 Å². The Hall–Kier alpha value is -1.00. The Morgan fingerprint density at radius 3 is 2.88 bits per heavy atom. The van der Waals surface area contributed by atoms with Crippen LogP contribution in [-0.2, 0) is 6.54 Å². The van der Waals surface area contributed by atoms with Crippen molar-refractivity contribution in [1.82, 2.24) is 15.3 Å². The average Bonchev–Trinajstić information content (AvgIpc) is 2.24. The number of nitrogens with zero attached hydrogens (tertiary/aromatic N) is 2. The summed E-state index contributed by atoms with van der Waals surface area (Å²) in [4.78, 5) is 8.40. The molecule has 2 rings (SSSR count). The molecular weight excluding hydrogens is 202 g/mol. The summed E-state index contributed by atoms with van der Waals surface area (Å²) in [5.74, 6) is 0.798. The summed E-state index contributed by atoms with van der Waals surface area (Å²) in [7, 11) is 0. The van der Waals surface area contributed by atoms with Gasteiger partial charge in [0.25, 0.3) is 0 Å². The van der Waals surface area contributed by atoms with Crippen molar-refractivity contribution in [2.45, 2.75) is 45.9 Å². The molecule has 1 aromatic rings. The minimum atomic E-state index is -0.183. The van der Waals surface area contributed by atoms with Crippen molar-refractivity contribution in [2.24, 2.45) is 5.41 Å². The lowest BCUT2D eigenvalue weighted by atomic mass is 9.64. The molecule has 0 aliphatic heterocycles. The summed E-state index contributed by atoms with van der Waals surface area (Å²) in [6, 6.07) is 2.29. The molecule has 4 heteroatoms. The monoisotopic (exact) mass is 221 g/mol. The summed E-state index contributed by atoms with van der Waals surface area (Å²) in [6.45, 7) is 6.80. The van der Waals surface area contributed by atoms with Crippen LogP contribution in [0, 0.1) is 12.3 Å². The van der Waals surface area contributed by atoms with Crippen LogP contribution < -0.4 is 5.32 Å².